The van der Waals surface area contributed by atoms with Crippen molar-refractivity contribution in [2.24, 2.45) is 11.3 Å². The van der Waals surface area contributed by atoms with Crippen molar-refractivity contribution in [2.75, 3.05) is 5.43 Å². The number of fused-ring (bicyclic) bond motifs is 5. The Bertz CT molecular complexity index is 423. The predicted octanol–water partition coefficient (Wildman–Crippen LogP) is 2.60. The molecule has 2 bridgehead atoms. The first-order chi connectivity index (χ1) is 7.00. The van der Waals surface area contributed by atoms with Gasteiger partial charge in [0.2, 0.25) is 0 Å². The van der Waals surface area contributed by atoms with E-state index < -0.39 is 0 Å². The first-order valence-corrected chi connectivity index (χ1v) is 6.30. The molecule has 1 fully saturated rings. The standard InChI is InChI=1S/C11H17N3S/c1-10(2)6-4-5-11(10,3)8-7(6)15-9(13-8)14-12/h6H,4-5,12H2,1-3H3,(H,13,14)/t6-,11+/m0/s1. The second-order valence-electron chi connectivity index (χ2n) is 5.52. The normalized spacial score (nSPS) is 35.6. The minimum Gasteiger partial charge on any atom is -0.300 e. The Balaban J connectivity index is 2.20. The van der Waals surface area contributed by atoms with Crippen LogP contribution in [0.3, 0.4) is 0 Å². The fraction of sp³-hybridized carbons (Fsp3) is 0.727. The Labute approximate surface area is 94.1 Å². The van der Waals surface area contributed by atoms with Crippen molar-refractivity contribution >= 4 is 16.5 Å². The minimum absolute atomic E-state index is 0.263. The summed E-state index contributed by atoms with van der Waals surface area (Å²) in [5.74, 6) is 6.12. The largest absolute Gasteiger partial charge is 0.300 e. The number of nitrogen functional groups attached to an aromatic ring is 1. The summed E-state index contributed by atoms with van der Waals surface area (Å²) in [5.41, 5.74) is 4.62. The molecule has 0 spiro atoms. The monoisotopic (exact) mass is 223 g/mol. The van der Waals surface area contributed by atoms with Crippen molar-refractivity contribution in [1.29, 1.82) is 0 Å². The van der Waals surface area contributed by atoms with Crippen LogP contribution in [0.1, 0.15) is 50.1 Å². The number of hydrogen-bond acceptors (Lipinski definition) is 4. The van der Waals surface area contributed by atoms with Crippen LogP contribution in [0.5, 0.6) is 0 Å². The number of hydrazine groups is 1. The second-order valence-corrected chi connectivity index (χ2v) is 6.55. The first-order valence-electron chi connectivity index (χ1n) is 5.48. The molecule has 2 aliphatic carbocycles. The van der Waals surface area contributed by atoms with Crippen LogP contribution >= 0.6 is 11.3 Å². The lowest BCUT2D eigenvalue weighted by Crippen LogP contribution is -2.32. The van der Waals surface area contributed by atoms with Gasteiger partial charge < -0.3 is 0 Å². The molecule has 0 aromatic carbocycles. The molecule has 1 aromatic rings. The van der Waals surface area contributed by atoms with Gasteiger partial charge in [0, 0.05) is 16.2 Å². The molecule has 3 rings (SSSR count). The molecule has 4 heteroatoms. The van der Waals surface area contributed by atoms with Gasteiger partial charge in [0.1, 0.15) is 0 Å². The second kappa shape index (κ2) is 2.55. The number of nitrogens with zero attached hydrogens (tertiary/aromatic N) is 1. The van der Waals surface area contributed by atoms with Gasteiger partial charge in [-0.3, -0.25) is 5.43 Å². The van der Waals surface area contributed by atoms with Crippen LogP contribution in [0.4, 0.5) is 5.13 Å². The molecule has 3 N–H and O–H groups in total. The SMILES string of the molecule is CC1(C)[C@H]2CC[C@]1(C)c1nc(NN)sc12. The van der Waals surface area contributed by atoms with E-state index in [1.807, 2.05) is 0 Å². The Morgan fingerprint density at radius 1 is 1.47 bits per heavy atom. The van der Waals surface area contributed by atoms with Gasteiger partial charge in [-0.15, -0.1) is 11.3 Å². The molecule has 2 atom stereocenters. The van der Waals surface area contributed by atoms with Gasteiger partial charge in [0.05, 0.1) is 5.69 Å². The third-order valence-corrected chi connectivity index (χ3v) is 5.94. The molecule has 82 valence electrons. The van der Waals surface area contributed by atoms with Crippen molar-refractivity contribution in [3.8, 4) is 0 Å². The van der Waals surface area contributed by atoms with Crippen LogP contribution in [-0.4, -0.2) is 4.98 Å². The number of nitrogens with two attached hydrogens (primary N) is 1. The lowest BCUT2D eigenvalue weighted by molar-refractivity contribution is 0.227. The zero-order valence-corrected chi connectivity index (χ0v) is 10.2. The van der Waals surface area contributed by atoms with Gasteiger partial charge in [-0.05, 0) is 18.3 Å². The predicted molar refractivity (Wildman–Crippen MR) is 63.0 cm³/mol. The van der Waals surface area contributed by atoms with E-state index in [2.05, 4.69) is 31.2 Å². The summed E-state index contributed by atoms with van der Waals surface area (Å²) in [7, 11) is 0. The Morgan fingerprint density at radius 3 is 2.80 bits per heavy atom. The van der Waals surface area contributed by atoms with Gasteiger partial charge >= 0.3 is 0 Å². The first kappa shape index (κ1) is 9.60. The highest BCUT2D eigenvalue weighted by atomic mass is 32.1. The third kappa shape index (κ3) is 0.882. The van der Waals surface area contributed by atoms with Crippen LogP contribution in [0.15, 0.2) is 0 Å². The zero-order chi connectivity index (χ0) is 10.8. The van der Waals surface area contributed by atoms with Crippen LogP contribution in [-0.2, 0) is 5.41 Å². The maximum atomic E-state index is 5.43. The van der Waals surface area contributed by atoms with E-state index in [1.165, 1.54) is 23.4 Å². The van der Waals surface area contributed by atoms with E-state index in [1.54, 1.807) is 11.3 Å². The van der Waals surface area contributed by atoms with Crippen molar-refractivity contribution < 1.29 is 0 Å². The summed E-state index contributed by atoms with van der Waals surface area (Å²) < 4.78 is 0. The van der Waals surface area contributed by atoms with Gasteiger partial charge in [0.25, 0.3) is 0 Å². The number of hydrogen-bond donors (Lipinski definition) is 2. The summed E-state index contributed by atoms with van der Waals surface area (Å²) in [6.07, 6.45) is 2.58. The van der Waals surface area contributed by atoms with Crippen molar-refractivity contribution in [3.05, 3.63) is 10.6 Å². The van der Waals surface area contributed by atoms with Crippen molar-refractivity contribution in [2.45, 2.75) is 44.9 Å². The number of thiazole rings is 1. The third-order valence-electron chi connectivity index (χ3n) is 4.84. The van der Waals surface area contributed by atoms with E-state index in [4.69, 9.17) is 5.84 Å². The molecule has 0 unspecified atom stereocenters. The molecule has 15 heavy (non-hydrogen) atoms. The molecule has 0 aliphatic heterocycles. The number of nitrogens with one attached hydrogen (secondary N) is 1. The lowest BCUT2D eigenvalue weighted by Gasteiger charge is -2.34. The van der Waals surface area contributed by atoms with Gasteiger partial charge in [-0.25, -0.2) is 10.8 Å². The molecule has 0 saturated heterocycles. The maximum absolute atomic E-state index is 5.43. The van der Waals surface area contributed by atoms with Crippen LogP contribution in [0.2, 0.25) is 0 Å². The summed E-state index contributed by atoms with van der Waals surface area (Å²) >= 11 is 1.74. The molecule has 0 radical (unpaired) electrons. The van der Waals surface area contributed by atoms with Gasteiger partial charge in [0.15, 0.2) is 5.13 Å². The van der Waals surface area contributed by atoms with E-state index in [0.717, 1.165) is 5.13 Å². The number of anilines is 1. The smallest absolute Gasteiger partial charge is 0.197 e. The molecule has 0 amide bonds. The summed E-state index contributed by atoms with van der Waals surface area (Å²) in [4.78, 5) is 6.12. The van der Waals surface area contributed by atoms with Gasteiger partial charge in [-0.2, -0.15) is 0 Å². The highest BCUT2D eigenvalue weighted by Crippen LogP contribution is 2.68. The average molecular weight is 223 g/mol. The van der Waals surface area contributed by atoms with E-state index in [0.29, 0.717) is 11.3 Å². The van der Waals surface area contributed by atoms with Crippen molar-refractivity contribution in [1.82, 2.24) is 4.98 Å². The Hall–Kier alpha value is -0.610. The van der Waals surface area contributed by atoms with Crippen LogP contribution in [0.25, 0.3) is 0 Å². The number of rotatable bonds is 1. The fourth-order valence-electron chi connectivity index (χ4n) is 3.41. The minimum atomic E-state index is 0.263. The molecule has 1 aromatic heterocycles. The number of aromatic nitrogens is 1. The highest BCUT2D eigenvalue weighted by Gasteiger charge is 2.61. The fourth-order valence-corrected chi connectivity index (χ4v) is 4.73. The van der Waals surface area contributed by atoms with Crippen molar-refractivity contribution in [3.63, 3.8) is 0 Å². The lowest BCUT2D eigenvalue weighted by atomic mass is 9.70. The molecule has 1 heterocycles. The van der Waals surface area contributed by atoms with Crippen LogP contribution in [0, 0.1) is 5.41 Å². The van der Waals surface area contributed by atoms with E-state index in [9.17, 15) is 0 Å². The molecule has 1 saturated carbocycles. The Kier molecular flexibility index (Phi) is 1.63. The average Bonchev–Trinajstić information content (AvgIpc) is 2.74. The quantitative estimate of drug-likeness (QED) is 0.568. The Morgan fingerprint density at radius 2 is 2.20 bits per heavy atom. The van der Waals surface area contributed by atoms with E-state index >= 15 is 0 Å². The summed E-state index contributed by atoms with van der Waals surface area (Å²) in [5, 5.41) is 0.869. The molecule has 2 aliphatic rings. The summed E-state index contributed by atoms with van der Waals surface area (Å²) in [6.45, 7) is 7.13. The molecular formula is C11H17N3S. The maximum Gasteiger partial charge on any atom is 0.197 e. The van der Waals surface area contributed by atoms with E-state index in [-0.39, 0.29) is 5.41 Å². The van der Waals surface area contributed by atoms with Gasteiger partial charge in [-0.1, -0.05) is 20.8 Å². The zero-order valence-electron chi connectivity index (χ0n) is 9.42. The summed E-state index contributed by atoms with van der Waals surface area (Å²) in [6, 6.07) is 0. The molecular weight excluding hydrogens is 206 g/mol. The topological polar surface area (TPSA) is 50.9 Å². The van der Waals surface area contributed by atoms with Crippen LogP contribution < -0.4 is 11.3 Å². The molecule has 3 nitrogen and oxygen atoms in total. The highest BCUT2D eigenvalue weighted by molar-refractivity contribution is 7.15.